The van der Waals surface area contributed by atoms with Gasteiger partial charge in [0.1, 0.15) is 0 Å². The number of fused-ring (bicyclic) bond motifs is 2. The van der Waals surface area contributed by atoms with Gasteiger partial charge in [-0.1, -0.05) is 41.4 Å². The van der Waals surface area contributed by atoms with E-state index in [0.29, 0.717) is 11.6 Å². The van der Waals surface area contributed by atoms with Crippen LogP contribution in [-0.4, -0.2) is 11.5 Å². The summed E-state index contributed by atoms with van der Waals surface area (Å²) >= 11 is 14.7. The highest BCUT2D eigenvalue weighted by molar-refractivity contribution is 7.17. The first-order chi connectivity index (χ1) is 12.2. The molecule has 4 rings (SSSR count). The lowest BCUT2D eigenvalue weighted by atomic mass is 10.00. The van der Waals surface area contributed by atoms with Crippen molar-refractivity contribution in [2.75, 3.05) is 6.54 Å². The molecule has 3 N–H and O–H groups in total. The molecule has 2 aromatic carbocycles. The molecular weight excluding hydrogens is 371 g/mol. The number of hydrogen-bond acceptors (Lipinski definition) is 2. The van der Waals surface area contributed by atoms with E-state index < -0.39 is 0 Å². The Labute approximate surface area is 160 Å². The van der Waals surface area contributed by atoms with E-state index in [4.69, 9.17) is 28.9 Å². The molecule has 128 valence electrons. The highest BCUT2D eigenvalue weighted by Crippen LogP contribution is 2.42. The van der Waals surface area contributed by atoms with E-state index in [1.807, 2.05) is 12.1 Å². The summed E-state index contributed by atoms with van der Waals surface area (Å²) in [6.45, 7) is 0.702. The van der Waals surface area contributed by atoms with Crippen LogP contribution in [0.15, 0.2) is 41.8 Å². The van der Waals surface area contributed by atoms with Crippen molar-refractivity contribution in [1.29, 1.82) is 0 Å². The van der Waals surface area contributed by atoms with Crippen LogP contribution in [0.4, 0.5) is 0 Å². The van der Waals surface area contributed by atoms with E-state index in [1.165, 1.54) is 21.2 Å². The van der Waals surface area contributed by atoms with Crippen molar-refractivity contribution in [2.24, 2.45) is 5.73 Å². The largest absolute Gasteiger partial charge is 0.353 e. The van der Waals surface area contributed by atoms with Gasteiger partial charge in [-0.2, -0.15) is 0 Å². The number of nitrogens with two attached hydrogens (primary N) is 1. The Morgan fingerprint density at radius 1 is 1.00 bits per heavy atom. The second-order valence-corrected chi connectivity index (χ2v) is 7.87. The third kappa shape index (κ3) is 2.96. The molecule has 5 heteroatoms. The lowest BCUT2D eigenvalue weighted by molar-refractivity contribution is 0.748. The summed E-state index contributed by atoms with van der Waals surface area (Å²) in [5.74, 6) is 0. The van der Waals surface area contributed by atoms with Crippen molar-refractivity contribution in [3.63, 3.8) is 0 Å². The topological polar surface area (TPSA) is 41.8 Å². The van der Waals surface area contributed by atoms with Crippen LogP contribution in [0.3, 0.4) is 0 Å². The Morgan fingerprint density at radius 3 is 2.64 bits per heavy atom. The summed E-state index contributed by atoms with van der Waals surface area (Å²) in [5, 5.41) is 5.95. The summed E-state index contributed by atoms with van der Waals surface area (Å²) in [7, 11) is 0. The van der Waals surface area contributed by atoms with Crippen LogP contribution >= 0.6 is 34.5 Å². The van der Waals surface area contributed by atoms with Gasteiger partial charge in [0.05, 0.1) is 21.3 Å². The number of halogens is 2. The van der Waals surface area contributed by atoms with Crippen molar-refractivity contribution >= 4 is 55.5 Å². The fraction of sp³-hybridized carbons (Fsp3) is 0.200. The van der Waals surface area contributed by atoms with Gasteiger partial charge in [0, 0.05) is 26.4 Å². The molecule has 2 aromatic heterocycles. The molecule has 2 heterocycles. The van der Waals surface area contributed by atoms with Gasteiger partial charge < -0.3 is 10.7 Å². The highest BCUT2D eigenvalue weighted by Gasteiger charge is 2.19. The number of benzene rings is 2. The Kier molecular flexibility index (Phi) is 4.74. The van der Waals surface area contributed by atoms with E-state index in [2.05, 4.69) is 34.6 Å². The first kappa shape index (κ1) is 16.9. The maximum Gasteiger partial charge on any atom is 0.0666 e. The molecule has 0 aliphatic carbocycles. The molecule has 0 aliphatic rings. The number of H-pyrrole nitrogens is 1. The summed E-state index contributed by atoms with van der Waals surface area (Å²) in [4.78, 5) is 3.55. The quantitative estimate of drug-likeness (QED) is 0.369. The van der Waals surface area contributed by atoms with Gasteiger partial charge in [0.15, 0.2) is 0 Å². The maximum atomic E-state index is 6.54. The average Bonchev–Trinajstić information content (AvgIpc) is 3.21. The number of aromatic nitrogens is 1. The molecular formula is C20H18Cl2N2S. The Hall–Kier alpha value is -1.52. The minimum Gasteiger partial charge on any atom is -0.353 e. The molecule has 0 aliphatic heterocycles. The predicted octanol–water partition coefficient (Wildman–Crippen LogP) is 6.64. The number of nitrogens with one attached hydrogen (secondary N) is 1. The first-order valence-electron chi connectivity index (χ1n) is 8.36. The van der Waals surface area contributed by atoms with Gasteiger partial charge in [-0.25, -0.2) is 0 Å². The van der Waals surface area contributed by atoms with Crippen LogP contribution < -0.4 is 5.73 Å². The molecule has 0 saturated carbocycles. The van der Waals surface area contributed by atoms with E-state index in [1.54, 1.807) is 11.3 Å². The van der Waals surface area contributed by atoms with Gasteiger partial charge >= 0.3 is 0 Å². The van der Waals surface area contributed by atoms with E-state index in [0.717, 1.165) is 40.9 Å². The number of unbranched alkanes of at least 4 members (excludes halogenated alkanes) is 1. The minimum absolute atomic E-state index is 0.699. The van der Waals surface area contributed by atoms with Crippen LogP contribution in [0.2, 0.25) is 10.0 Å². The molecule has 0 bridgehead atoms. The third-order valence-corrected chi connectivity index (χ3v) is 6.18. The number of aromatic amines is 1. The van der Waals surface area contributed by atoms with Crippen LogP contribution in [0.1, 0.15) is 18.4 Å². The highest BCUT2D eigenvalue weighted by atomic mass is 35.5. The average molecular weight is 389 g/mol. The monoisotopic (exact) mass is 388 g/mol. The second kappa shape index (κ2) is 7.00. The molecule has 0 unspecified atom stereocenters. The molecule has 0 radical (unpaired) electrons. The number of thiophene rings is 1. The molecule has 0 amide bonds. The molecule has 0 spiro atoms. The van der Waals surface area contributed by atoms with Gasteiger partial charge in [-0.15, -0.1) is 11.3 Å². The molecule has 0 saturated heterocycles. The molecule has 4 aromatic rings. The van der Waals surface area contributed by atoms with Crippen LogP contribution in [0.5, 0.6) is 0 Å². The minimum atomic E-state index is 0.699. The third-order valence-electron chi connectivity index (χ3n) is 4.59. The molecule has 25 heavy (non-hydrogen) atoms. The molecule has 0 fully saturated rings. The van der Waals surface area contributed by atoms with Crippen LogP contribution in [0.25, 0.3) is 32.2 Å². The predicted molar refractivity (Wildman–Crippen MR) is 111 cm³/mol. The Bertz CT molecular complexity index is 1050. The fourth-order valence-corrected chi connectivity index (χ4v) is 4.82. The zero-order valence-corrected chi connectivity index (χ0v) is 15.9. The molecule has 2 nitrogen and oxygen atoms in total. The van der Waals surface area contributed by atoms with Gasteiger partial charge in [-0.3, -0.25) is 0 Å². The van der Waals surface area contributed by atoms with Crippen molar-refractivity contribution in [2.45, 2.75) is 19.3 Å². The summed E-state index contributed by atoms with van der Waals surface area (Å²) in [5.41, 5.74) is 10.2. The number of aryl methyl sites for hydroxylation is 1. The number of hydrogen-bond donors (Lipinski definition) is 2. The van der Waals surface area contributed by atoms with Crippen LogP contribution in [-0.2, 0) is 6.42 Å². The van der Waals surface area contributed by atoms with Crippen molar-refractivity contribution in [3.8, 4) is 11.3 Å². The van der Waals surface area contributed by atoms with Crippen molar-refractivity contribution in [1.82, 2.24) is 4.98 Å². The zero-order valence-electron chi connectivity index (χ0n) is 13.6. The van der Waals surface area contributed by atoms with E-state index >= 15 is 0 Å². The number of rotatable bonds is 5. The first-order valence-corrected chi connectivity index (χ1v) is 9.99. The maximum absolute atomic E-state index is 6.54. The summed E-state index contributed by atoms with van der Waals surface area (Å²) in [6, 6.07) is 12.2. The van der Waals surface area contributed by atoms with E-state index in [-0.39, 0.29) is 0 Å². The standard InChI is InChI=1S/C20H18Cl2N2S/c21-15-8-9-16(22)20-18(15)13(6-3-4-10-23)19(24-20)14-11-25-17-7-2-1-5-12(14)17/h1-2,5,7-9,11,24H,3-4,6,10,23H2. The summed E-state index contributed by atoms with van der Waals surface area (Å²) in [6.07, 6.45) is 2.95. The van der Waals surface area contributed by atoms with Gasteiger partial charge in [-0.05, 0) is 49.6 Å². The fourth-order valence-electron chi connectivity index (χ4n) is 3.39. The van der Waals surface area contributed by atoms with Crippen molar-refractivity contribution in [3.05, 3.63) is 57.4 Å². The van der Waals surface area contributed by atoms with Crippen molar-refractivity contribution < 1.29 is 0 Å². The van der Waals surface area contributed by atoms with E-state index in [9.17, 15) is 0 Å². The Morgan fingerprint density at radius 2 is 1.80 bits per heavy atom. The Balaban J connectivity index is 1.97. The van der Waals surface area contributed by atoms with Gasteiger partial charge in [0.2, 0.25) is 0 Å². The lowest BCUT2D eigenvalue weighted by Crippen LogP contribution is -1.99. The zero-order chi connectivity index (χ0) is 17.4. The van der Waals surface area contributed by atoms with Crippen LogP contribution in [0, 0.1) is 0 Å². The van der Waals surface area contributed by atoms with Gasteiger partial charge in [0.25, 0.3) is 0 Å². The lowest BCUT2D eigenvalue weighted by Gasteiger charge is -2.05. The SMILES string of the molecule is NCCCCc1c(-c2csc3ccccc23)[nH]c2c(Cl)ccc(Cl)c12. The normalized spacial score (nSPS) is 11.6. The molecule has 0 atom stereocenters. The second-order valence-electron chi connectivity index (χ2n) is 6.15. The smallest absolute Gasteiger partial charge is 0.0666 e. The summed E-state index contributed by atoms with van der Waals surface area (Å²) < 4.78 is 1.28.